The van der Waals surface area contributed by atoms with E-state index in [0.29, 0.717) is 29.1 Å². The molecule has 0 N–H and O–H groups in total. The van der Waals surface area contributed by atoms with E-state index in [9.17, 15) is 0 Å². The van der Waals surface area contributed by atoms with Crippen molar-refractivity contribution in [2.45, 2.75) is 31.3 Å². The quantitative estimate of drug-likeness (QED) is 0.658. The van der Waals surface area contributed by atoms with Crippen LogP contribution in [0.15, 0.2) is 26.6 Å². The van der Waals surface area contributed by atoms with Gasteiger partial charge in [-0.05, 0) is 17.9 Å². The van der Waals surface area contributed by atoms with Crippen molar-refractivity contribution in [2.24, 2.45) is 0 Å². The van der Waals surface area contributed by atoms with Crippen molar-refractivity contribution in [1.82, 2.24) is 20.3 Å². The monoisotopic (exact) mass is 322 g/mol. The highest BCUT2D eigenvalue weighted by atomic mass is 32.2. The summed E-state index contributed by atoms with van der Waals surface area (Å²) in [6.45, 7) is 2.09. The van der Waals surface area contributed by atoms with E-state index in [1.807, 2.05) is 17.5 Å². The van der Waals surface area contributed by atoms with Gasteiger partial charge in [0.25, 0.3) is 5.89 Å². The molecule has 0 aliphatic heterocycles. The van der Waals surface area contributed by atoms with Crippen LogP contribution in [0.5, 0.6) is 0 Å². The fourth-order valence-corrected chi connectivity index (χ4v) is 3.05. The molecule has 0 saturated heterocycles. The van der Waals surface area contributed by atoms with Gasteiger partial charge in [-0.1, -0.05) is 23.3 Å². The lowest BCUT2D eigenvalue weighted by Gasteiger charge is -1.91. The van der Waals surface area contributed by atoms with Gasteiger partial charge < -0.3 is 9.05 Å². The van der Waals surface area contributed by atoms with E-state index >= 15 is 0 Å². The van der Waals surface area contributed by atoms with E-state index in [0.717, 1.165) is 23.5 Å². The number of aryl methyl sites for hydroxylation is 1. The lowest BCUT2D eigenvalue weighted by molar-refractivity contribution is 0.384. The van der Waals surface area contributed by atoms with Gasteiger partial charge in [0.1, 0.15) is 0 Å². The number of rotatable bonds is 7. The molecular weight excluding hydrogens is 308 g/mol. The molecule has 8 heteroatoms. The van der Waals surface area contributed by atoms with Crippen LogP contribution in [0.4, 0.5) is 0 Å². The van der Waals surface area contributed by atoms with E-state index in [4.69, 9.17) is 9.05 Å². The fourth-order valence-electron chi connectivity index (χ4n) is 1.72. The molecule has 0 aliphatic carbocycles. The molecule has 0 aromatic carbocycles. The Morgan fingerprint density at radius 1 is 1.14 bits per heavy atom. The summed E-state index contributed by atoms with van der Waals surface area (Å²) in [5.41, 5.74) is 0. The first-order valence-corrected chi connectivity index (χ1v) is 8.64. The van der Waals surface area contributed by atoms with Gasteiger partial charge in [0.2, 0.25) is 5.89 Å². The van der Waals surface area contributed by atoms with Gasteiger partial charge in [-0.25, -0.2) is 0 Å². The Morgan fingerprint density at radius 3 is 2.86 bits per heavy atom. The summed E-state index contributed by atoms with van der Waals surface area (Å²) in [5, 5.41) is 9.88. The second-order valence-electron chi connectivity index (χ2n) is 4.34. The third-order valence-corrected chi connectivity index (χ3v) is 4.41. The Balaban J connectivity index is 1.51. The van der Waals surface area contributed by atoms with Crippen molar-refractivity contribution in [1.29, 1.82) is 0 Å². The largest absolute Gasteiger partial charge is 0.338 e. The number of thioether (sulfide) groups is 1. The molecule has 0 radical (unpaired) electrons. The summed E-state index contributed by atoms with van der Waals surface area (Å²) in [5.74, 6) is 3.97. The summed E-state index contributed by atoms with van der Waals surface area (Å²) in [6.07, 6.45) is 1.86. The molecule has 3 aromatic heterocycles. The second kappa shape index (κ2) is 6.86. The minimum Gasteiger partial charge on any atom is -0.338 e. The molecule has 3 heterocycles. The molecule has 110 valence electrons. The van der Waals surface area contributed by atoms with E-state index in [1.165, 1.54) is 0 Å². The third kappa shape index (κ3) is 3.70. The van der Waals surface area contributed by atoms with Crippen LogP contribution in [0.1, 0.15) is 30.9 Å². The normalized spacial score (nSPS) is 11.1. The molecule has 3 rings (SSSR count). The topological polar surface area (TPSA) is 77.8 Å². The van der Waals surface area contributed by atoms with Crippen LogP contribution in [0.3, 0.4) is 0 Å². The van der Waals surface area contributed by atoms with Crippen LogP contribution in [0.2, 0.25) is 0 Å². The van der Waals surface area contributed by atoms with E-state index in [1.54, 1.807) is 23.1 Å². The van der Waals surface area contributed by atoms with E-state index in [-0.39, 0.29) is 0 Å². The molecule has 0 bridgehead atoms. The predicted molar refractivity (Wildman–Crippen MR) is 80.9 cm³/mol. The number of nitrogens with zero attached hydrogens (tertiary/aromatic N) is 4. The van der Waals surface area contributed by atoms with Crippen LogP contribution >= 0.6 is 23.1 Å². The number of thiophene rings is 1. The van der Waals surface area contributed by atoms with Gasteiger partial charge in [-0.15, -0.1) is 23.1 Å². The zero-order chi connectivity index (χ0) is 14.5. The van der Waals surface area contributed by atoms with Crippen LogP contribution in [0.25, 0.3) is 10.8 Å². The third-order valence-electron chi connectivity index (χ3n) is 2.64. The van der Waals surface area contributed by atoms with Crippen molar-refractivity contribution in [3.8, 4) is 10.8 Å². The van der Waals surface area contributed by atoms with E-state index in [2.05, 4.69) is 27.2 Å². The molecule has 0 fully saturated rings. The van der Waals surface area contributed by atoms with Crippen molar-refractivity contribution in [3.05, 3.63) is 35.1 Å². The zero-order valence-electron chi connectivity index (χ0n) is 11.5. The minimum atomic E-state index is 0.573. The van der Waals surface area contributed by atoms with Crippen molar-refractivity contribution in [2.75, 3.05) is 0 Å². The van der Waals surface area contributed by atoms with Gasteiger partial charge in [-0.3, -0.25) is 0 Å². The number of hydrogen-bond acceptors (Lipinski definition) is 8. The summed E-state index contributed by atoms with van der Waals surface area (Å²) in [4.78, 5) is 9.67. The Bertz CT molecular complexity index is 678. The summed E-state index contributed by atoms with van der Waals surface area (Å²) < 4.78 is 10.4. The fraction of sp³-hybridized carbons (Fsp3) is 0.385. The van der Waals surface area contributed by atoms with Crippen LogP contribution < -0.4 is 0 Å². The summed E-state index contributed by atoms with van der Waals surface area (Å²) >= 11 is 3.20. The lowest BCUT2D eigenvalue weighted by atomic mass is 10.3. The lowest BCUT2D eigenvalue weighted by Crippen LogP contribution is -1.88. The molecule has 0 unspecified atom stereocenters. The molecule has 0 spiro atoms. The Morgan fingerprint density at radius 2 is 2.05 bits per heavy atom. The highest BCUT2D eigenvalue weighted by Gasteiger charge is 2.11. The van der Waals surface area contributed by atoms with Crippen LogP contribution in [0, 0.1) is 0 Å². The molecule has 0 amide bonds. The van der Waals surface area contributed by atoms with Crippen molar-refractivity contribution in [3.63, 3.8) is 0 Å². The molecule has 6 nitrogen and oxygen atoms in total. The maximum Gasteiger partial charge on any atom is 0.268 e. The summed E-state index contributed by atoms with van der Waals surface area (Å²) in [6, 6.07) is 3.92. The first-order chi connectivity index (χ1) is 10.3. The van der Waals surface area contributed by atoms with Gasteiger partial charge in [0, 0.05) is 6.42 Å². The van der Waals surface area contributed by atoms with Gasteiger partial charge in [0.05, 0.1) is 16.4 Å². The average molecular weight is 322 g/mol. The van der Waals surface area contributed by atoms with Gasteiger partial charge >= 0.3 is 0 Å². The molecule has 0 saturated carbocycles. The van der Waals surface area contributed by atoms with Gasteiger partial charge in [-0.2, -0.15) is 9.97 Å². The van der Waals surface area contributed by atoms with Crippen LogP contribution in [-0.2, 0) is 17.9 Å². The average Bonchev–Trinajstić information content (AvgIpc) is 3.20. The summed E-state index contributed by atoms with van der Waals surface area (Å²) in [7, 11) is 0. The highest BCUT2D eigenvalue weighted by Crippen LogP contribution is 2.24. The molecule has 0 atom stereocenters. The maximum atomic E-state index is 5.23. The first kappa shape index (κ1) is 14.3. The van der Waals surface area contributed by atoms with Crippen molar-refractivity contribution < 1.29 is 9.05 Å². The second-order valence-corrected chi connectivity index (χ2v) is 6.27. The van der Waals surface area contributed by atoms with Crippen molar-refractivity contribution >= 4 is 23.1 Å². The number of hydrogen-bond donors (Lipinski definition) is 0. The maximum absolute atomic E-state index is 5.23. The molecule has 3 aromatic rings. The first-order valence-electron chi connectivity index (χ1n) is 6.61. The van der Waals surface area contributed by atoms with E-state index < -0.39 is 0 Å². The molecule has 0 aliphatic rings. The Hall–Kier alpha value is -1.67. The van der Waals surface area contributed by atoms with Gasteiger partial charge in [0.15, 0.2) is 11.6 Å². The molecule has 21 heavy (non-hydrogen) atoms. The predicted octanol–water partition coefficient (Wildman–Crippen LogP) is 3.57. The number of aromatic nitrogens is 4. The minimum absolute atomic E-state index is 0.573. The highest BCUT2D eigenvalue weighted by molar-refractivity contribution is 7.97. The standard InChI is InChI=1S/C13H14N4O2S2/c1-2-4-10-14-12(18-16-10)8-20-7-11-15-13(19-17-11)9-5-3-6-21-9/h3,5-6H,2,4,7-8H2,1H3. The Kier molecular flexibility index (Phi) is 4.66. The SMILES string of the molecule is CCCc1noc(CSCc2noc(-c3cccs3)n2)n1. The smallest absolute Gasteiger partial charge is 0.268 e. The van der Waals surface area contributed by atoms with Crippen LogP contribution in [-0.4, -0.2) is 20.3 Å². The zero-order valence-corrected chi connectivity index (χ0v) is 13.1. The Labute approximate surface area is 130 Å². The molecular formula is C13H14N4O2S2.